The summed E-state index contributed by atoms with van der Waals surface area (Å²) in [7, 11) is 0. The van der Waals surface area contributed by atoms with Crippen LogP contribution in [-0.4, -0.2) is 122 Å². The molecule has 1 aliphatic rings. The number of nitro benzene ring substituents is 3. The maximum absolute atomic E-state index is 12.5. The van der Waals surface area contributed by atoms with Crippen molar-refractivity contribution in [2.24, 2.45) is 4.99 Å². The number of carbonyl (C=O) groups excluding carboxylic acids is 5. The number of aldehydes is 1. The number of benzene rings is 10. The molecule has 0 bridgehead atoms. The van der Waals surface area contributed by atoms with Crippen molar-refractivity contribution in [3.8, 4) is 0 Å². The molecule has 766 valence electrons. The number of aromatic amines is 1. The molecule has 0 saturated carbocycles. The van der Waals surface area contributed by atoms with E-state index in [1.165, 1.54) is 125 Å². The van der Waals surface area contributed by atoms with Crippen molar-refractivity contribution in [2.45, 2.75) is 40.1 Å². The van der Waals surface area contributed by atoms with Crippen LogP contribution < -0.4 is 22.9 Å². The number of ketones is 4. The van der Waals surface area contributed by atoms with Crippen molar-refractivity contribution in [3.05, 3.63) is 500 Å². The Labute approximate surface area is 931 Å². The molecule has 18 aromatic rings. The van der Waals surface area contributed by atoms with Gasteiger partial charge < -0.3 is 39.9 Å². The molecule has 8 aromatic heterocycles. The second kappa shape index (κ2) is 65.0. The number of H-pyrrole nitrogens is 1. The average Bonchev–Trinajstić information content (AvgIpc) is 1.82. The average molecular weight is 2400 g/mol. The number of thiazole rings is 4. The number of anilines is 4. The second-order valence-electron chi connectivity index (χ2n) is 28.9. The predicted molar refractivity (Wildman–Crippen MR) is 592 cm³/mol. The molecule has 1 atom stereocenters. The quantitative estimate of drug-likeness (QED) is 0.00785. The van der Waals surface area contributed by atoms with Gasteiger partial charge in [-0.2, -0.15) is 20.4 Å². The number of nitrogens with one attached hydrogen (secondary N) is 1. The molecular weight excluding hydrogens is 2310 g/mol. The van der Waals surface area contributed by atoms with E-state index in [2.05, 4.69) is 99.3 Å². The fourth-order valence-corrected chi connectivity index (χ4v) is 15.7. The molecule has 0 fully saturated rings. The van der Waals surface area contributed by atoms with Crippen LogP contribution in [0.3, 0.4) is 0 Å². The van der Waals surface area contributed by atoms with E-state index in [-0.39, 0.29) is 80.6 Å². The van der Waals surface area contributed by atoms with Crippen molar-refractivity contribution in [1.82, 2.24) is 59.5 Å². The summed E-state index contributed by atoms with van der Waals surface area (Å²) in [4.78, 5) is 113. The summed E-state index contributed by atoms with van der Waals surface area (Å²) in [6.07, 6.45) is 22.6. The number of allylic oxidation sites excluding steroid dienone is 1. The Morgan fingerprint density at radius 3 is 1.32 bits per heavy atom. The van der Waals surface area contributed by atoms with E-state index in [0.717, 1.165) is 61.2 Å². The van der Waals surface area contributed by atoms with Crippen LogP contribution in [0.5, 0.6) is 0 Å². The number of rotatable bonds is 20. The minimum absolute atomic E-state index is 0. The van der Waals surface area contributed by atoms with E-state index in [0.29, 0.717) is 103 Å². The summed E-state index contributed by atoms with van der Waals surface area (Å²) < 4.78 is 7.51. The Morgan fingerprint density at radius 1 is 0.510 bits per heavy atom. The third-order valence-electron chi connectivity index (χ3n) is 18.6. The zero-order valence-corrected chi connectivity index (χ0v) is 89.1. The molecule has 19 rings (SSSR count). The number of aliphatic imine (C=N–C) groups is 1. The van der Waals surface area contributed by atoms with Crippen LogP contribution in [0.15, 0.2) is 341 Å². The van der Waals surface area contributed by atoms with Crippen molar-refractivity contribution in [2.75, 3.05) is 29.5 Å². The van der Waals surface area contributed by atoms with Gasteiger partial charge in [0.1, 0.15) is 11.7 Å². The summed E-state index contributed by atoms with van der Waals surface area (Å²) in [6, 6.07) is 63.6. The van der Waals surface area contributed by atoms with E-state index in [1.807, 2.05) is 108 Å². The number of aliphatic hydroxyl groups excluding tert-OH is 1. The van der Waals surface area contributed by atoms with Crippen molar-refractivity contribution in [1.29, 1.82) is 5.26 Å². The van der Waals surface area contributed by atoms with Gasteiger partial charge in [0.15, 0.2) is 17.9 Å². The maximum Gasteiger partial charge on any atom is 1.00 e. The monoisotopic (exact) mass is 2390 g/mol. The molecule has 10 N–H and O–H groups in total. The summed E-state index contributed by atoms with van der Waals surface area (Å²) in [5.74, 6) is -0.956. The molecule has 0 saturated heterocycles. The SMILES string of the molecule is BrC1=CCN=C1.Brc1cnn(Cc2ccccc2)c1.C.Cc1nccs1.Nc1ccc(Cl)cc1.Nc1ccc(Cl)cc1C(=O)c1cn[nH]c1.Nc1ccc(Cl)cc1C(=O)c1cncs1.Nc1ccc(Cl)cc1C(=O)c1cnn(Cc2ccccc2)c1.O=C(c1cncs1)c1cc(Cl)ccc1[N+](=O)[O-].O=Cc1cc(Cl)ccc1[N+](=O)[O-].O=[N+]([O-])c1ccc(Cl)cc1C(O)c1cncs1.[C-]#N.[C-]#[N+]c1cnn(Cc2ccccc2)c1.[Cu+]. The topological polar surface area (TPSA) is 513 Å². The van der Waals surface area contributed by atoms with E-state index in [9.17, 15) is 59.4 Å². The van der Waals surface area contributed by atoms with Gasteiger partial charge in [0, 0.05) is 158 Å². The third kappa shape index (κ3) is 41.8. The van der Waals surface area contributed by atoms with Gasteiger partial charge in [0.2, 0.25) is 17.3 Å². The van der Waals surface area contributed by atoms with Gasteiger partial charge in [-0.15, -0.1) is 45.3 Å². The Morgan fingerprint density at radius 2 is 0.933 bits per heavy atom. The first-order valence-electron chi connectivity index (χ1n) is 41.7. The smallest absolute Gasteiger partial charge is 0.512 e. The van der Waals surface area contributed by atoms with Gasteiger partial charge in [0.05, 0.1) is 135 Å². The number of nitrogens with zero attached hydrogens (tertiary/aromatic N) is 17. The Bertz CT molecular complexity index is 7360. The summed E-state index contributed by atoms with van der Waals surface area (Å²) in [5.41, 5.74) is 35.1. The number of aromatic nitrogens is 12. The largest absolute Gasteiger partial charge is 1.00 e. The Kier molecular flexibility index (Phi) is 53.6. The Hall–Kier alpha value is -14.8. The fourth-order valence-electron chi connectivity index (χ4n) is 11.7. The van der Waals surface area contributed by atoms with Crippen LogP contribution in [0.4, 0.5) is 45.5 Å². The summed E-state index contributed by atoms with van der Waals surface area (Å²) in [6.45, 7) is 16.6. The standard InChI is InChI=1S/C17H14ClN3O.C11H9N3.C10H9BrN2.C10H8ClN3O.C10H7ClN2O3S.C10H5ClN2O3S.C10H7ClN2OS.C7H4ClNO3.C6H6ClN.C4H4BrN.C4H5NS.CN.CH4.Cu/c18-14-6-7-16(19)15(8-14)17(22)13-9-20-21(11-13)10-12-4-2-1-3-5-12;1-12-11-7-13-14(9-11)8-10-5-3-2-4-6-10;11-10-6-12-13(8-10)7-9-4-2-1-3-5-9;11-7-1-2-9(12)8(3-7)10(15)6-4-13-14-5-6;2*11-6-1-2-8(13(15)16)7(3-6)10(14)9-4-12-5-17-9;11-6-1-2-8(12)7(3-6)10(14)9-4-13-5-15-9;8-6-1-2-7(9(11)12)5(3-6)4-10;7-5-1-3-6(8)4-2-5;5-4-1-2-6-3-4;1-4-5-2-3-6-4;1-2;;/h1-9,11H,10,19H2;2-7,9H,8H2;1-6,8H,7H2;1-5H,12H2,(H,13,14);1-5,10,14H;1-5H;1-5H,12H2;1-4H;1-4H,8H2;1,3H,2H2;2-3H,1H3;;1H4;/q;;;;;;;;;;;-1;;+1. The van der Waals surface area contributed by atoms with Gasteiger partial charge in [-0.05, 0) is 177 Å². The number of hydrogen-bond donors (Lipinski definition) is 6. The number of nitro groups is 3. The van der Waals surface area contributed by atoms with Gasteiger partial charge in [-0.25, -0.2) is 4.85 Å². The number of carbonyl (C=O) groups is 5. The zero-order valence-electron chi connectivity index (χ0n) is 76.4. The molecule has 149 heavy (non-hydrogen) atoms. The minimum Gasteiger partial charge on any atom is -0.512 e. The van der Waals surface area contributed by atoms with Crippen molar-refractivity contribution in [3.63, 3.8) is 0 Å². The van der Waals surface area contributed by atoms with Gasteiger partial charge in [-0.1, -0.05) is 180 Å². The van der Waals surface area contributed by atoms with Crippen LogP contribution in [0.25, 0.3) is 4.85 Å². The van der Waals surface area contributed by atoms with Crippen LogP contribution in [0.2, 0.25) is 35.2 Å². The molecule has 9 heterocycles. The number of aliphatic hydroxyl groups is 1. The molecule has 48 heteroatoms. The maximum atomic E-state index is 12.5. The van der Waals surface area contributed by atoms with Gasteiger partial charge >= 0.3 is 17.1 Å². The normalized spacial score (nSPS) is 10.3. The molecule has 0 aliphatic carbocycles. The van der Waals surface area contributed by atoms with E-state index in [1.54, 1.807) is 154 Å². The molecule has 1 aliphatic heterocycles. The van der Waals surface area contributed by atoms with Crippen molar-refractivity contribution >= 4 is 240 Å². The van der Waals surface area contributed by atoms with Crippen LogP contribution in [0.1, 0.15) is 118 Å². The van der Waals surface area contributed by atoms with E-state index >= 15 is 0 Å². The predicted octanol–water partition coefficient (Wildman–Crippen LogP) is 26.3. The van der Waals surface area contributed by atoms with Gasteiger partial charge in [0.25, 0.3) is 17.1 Å². The number of hydrogen-bond acceptors (Lipinski definition) is 30. The van der Waals surface area contributed by atoms with E-state index in [4.69, 9.17) is 123 Å². The molecule has 0 spiro atoms. The number of halogens is 9. The first-order valence-corrected chi connectivity index (χ1v) is 49.5. The first-order chi connectivity index (χ1) is 70.6. The zero-order chi connectivity index (χ0) is 107. The van der Waals surface area contributed by atoms with Gasteiger partial charge in [-0.3, -0.25) is 98.4 Å². The van der Waals surface area contributed by atoms with Crippen LogP contribution in [-0.2, 0) is 36.7 Å². The number of nitrogen functional groups attached to an aromatic ring is 4. The molecule has 0 radical (unpaired) electrons. The van der Waals surface area contributed by atoms with Crippen LogP contribution in [0, 0.1) is 55.7 Å². The molecule has 34 nitrogen and oxygen atoms in total. The molecule has 1 unspecified atom stereocenters. The second-order valence-corrected chi connectivity index (χ2v) is 37.6. The van der Waals surface area contributed by atoms with E-state index < -0.39 is 26.7 Å². The van der Waals surface area contributed by atoms with Crippen molar-refractivity contribution < 1.29 is 60.9 Å². The summed E-state index contributed by atoms with van der Waals surface area (Å²) >= 11 is 52.0. The first kappa shape index (κ1) is 123. The minimum atomic E-state index is -1.08. The number of nitrogens with two attached hydrogens (primary N) is 4. The Balaban J connectivity index is 0.000000253. The molecule has 10 aromatic carbocycles. The summed E-state index contributed by atoms with van der Waals surface area (Å²) in [5, 5.41) is 73.2. The number of aryl methyl sites for hydroxylation is 1. The fraction of sp³-hybridized carbons (Fsp3) is 0.0693. The van der Waals surface area contributed by atoms with Crippen LogP contribution >= 0.6 is 158 Å². The molecule has 0 amide bonds. The third-order valence-corrected chi connectivity index (χ3v) is 24.3. The molecular formula is C101H82Br2Cl7CuN22O12S4.